The minimum atomic E-state index is -0.114. The van der Waals surface area contributed by atoms with Crippen LogP contribution in [-0.4, -0.2) is 49.2 Å². The predicted octanol–water partition coefficient (Wildman–Crippen LogP) is 0.622. The van der Waals surface area contributed by atoms with Gasteiger partial charge in [-0.2, -0.15) is 0 Å². The highest BCUT2D eigenvalue weighted by atomic mass is 16.5. The molecule has 0 aromatic carbocycles. The molecule has 0 amide bonds. The zero-order valence-electron chi connectivity index (χ0n) is 9.95. The van der Waals surface area contributed by atoms with Crippen molar-refractivity contribution >= 4 is 5.97 Å². The number of esters is 1. The van der Waals surface area contributed by atoms with Crippen LogP contribution in [0, 0.1) is 0 Å². The first-order valence-electron chi connectivity index (χ1n) is 5.83. The van der Waals surface area contributed by atoms with E-state index in [1.807, 2.05) is 13.8 Å². The lowest BCUT2D eigenvalue weighted by molar-refractivity contribution is -0.150. The Kier molecular flexibility index (Phi) is 5.05. The predicted molar refractivity (Wildman–Crippen MR) is 59.7 cm³/mol. The minimum Gasteiger partial charge on any atom is -0.465 e. The molecular weight excluding hydrogens is 192 g/mol. The second kappa shape index (κ2) is 6.08. The Morgan fingerprint density at radius 3 is 2.60 bits per heavy atom. The lowest BCUT2D eigenvalue weighted by atomic mass is 10.1. The normalized spacial score (nSPS) is 18.7. The van der Waals surface area contributed by atoms with Crippen molar-refractivity contribution in [2.24, 2.45) is 0 Å². The summed E-state index contributed by atoms with van der Waals surface area (Å²) in [6.45, 7) is 9.33. The fourth-order valence-corrected chi connectivity index (χ4v) is 1.86. The third-order valence-corrected chi connectivity index (χ3v) is 2.84. The van der Waals surface area contributed by atoms with E-state index in [1.54, 1.807) is 0 Å². The molecule has 1 aliphatic rings. The average Bonchev–Trinajstić information content (AvgIpc) is 2.13. The van der Waals surface area contributed by atoms with Crippen molar-refractivity contribution in [3.8, 4) is 0 Å². The number of nitrogens with one attached hydrogen (secondary N) is 1. The summed E-state index contributed by atoms with van der Waals surface area (Å²) in [5.41, 5.74) is 0. The van der Waals surface area contributed by atoms with Crippen LogP contribution in [0.25, 0.3) is 0 Å². The molecule has 15 heavy (non-hydrogen) atoms. The van der Waals surface area contributed by atoms with Gasteiger partial charge in [-0.05, 0) is 26.8 Å². The van der Waals surface area contributed by atoms with E-state index >= 15 is 0 Å². The monoisotopic (exact) mass is 214 g/mol. The highest BCUT2D eigenvalue weighted by Gasteiger charge is 2.31. The number of ether oxygens (including phenoxy) is 1. The fraction of sp³-hybridized carbons (Fsp3) is 0.909. The van der Waals surface area contributed by atoms with Gasteiger partial charge in [-0.25, -0.2) is 0 Å². The smallest absolute Gasteiger partial charge is 0.323 e. The topological polar surface area (TPSA) is 41.6 Å². The molecule has 0 aromatic rings. The zero-order chi connectivity index (χ0) is 11.3. The van der Waals surface area contributed by atoms with Crippen molar-refractivity contribution in [1.29, 1.82) is 0 Å². The van der Waals surface area contributed by atoms with E-state index in [2.05, 4.69) is 17.1 Å². The molecule has 0 spiro atoms. The van der Waals surface area contributed by atoms with Crippen LogP contribution in [-0.2, 0) is 9.53 Å². The SMILES string of the molecule is CCCN(C1CNC1)C(C)C(=O)OCC. The van der Waals surface area contributed by atoms with Crippen molar-refractivity contribution in [2.75, 3.05) is 26.2 Å². The van der Waals surface area contributed by atoms with E-state index in [0.29, 0.717) is 12.6 Å². The molecule has 4 nitrogen and oxygen atoms in total. The largest absolute Gasteiger partial charge is 0.465 e. The Morgan fingerprint density at radius 1 is 1.53 bits per heavy atom. The van der Waals surface area contributed by atoms with E-state index in [0.717, 1.165) is 26.1 Å². The molecule has 1 heterocycles. The maximum atomic E-state index is 11.6. The summed E-state index contributed by atoms with van der Waals surface area (Å²) in [6, 6.07) is 0.390. The summed E-state index contributed by atoms with van der Waals surface area (Å²) in [5, 5.41) is 3.23. The van der Waals surface area contributed by atoms with Gasteiger partial charge in [0.05, 0.1) is 6.61 Å². The third-order valence-electron chi connectivity index (χ3n) is 2.84. The molecular formula is C11H22N2O2. The average molecular weight is 214 g/mol. The molecule has 0 aromatic heterocycles. The quantitative estimate of drug-likeness (QED) is 0.658. The first kappa shape index (κ1) is 12.5. The molecule has 0 aliphatic carbocycles. The molecule has 0 radical (unpaired) electrons. The molecule has 1 fully saturated rings. The summed E-state index contributed by atoms with van der Waals surface area (Å²) in [7, 11) is 0. The Labute approximate surface area is 92.0 Å². The zero-order valence-corrected chi connectivity index (χ0v) is 9.95. The third kappa shape index (κ3) is 3.18. The van der Waals surface area contributed by atoms with Crippen LogP contribution in [0.4, 0.5) is 0 Å². The van der Waals surface area contributed by atoms with Crippen LogP contribution in [0.1, 0.15) is 27.2 Å². The van der Waals surface area contributed by atoms with Crippen molar-refractivity contribution in [3.63, 3.8) is 0 Å². The molecule has 1 saturated heterocycles. The maximum Gasteiger partial charge on any atom is 0.323 e. The summed E-state index contributed by atoms with van der Waals surface area (Å²) in [4.78, 5) is 13.9. The number of carbonyl (C=O) groups is 1. The van der Waals surface area contributed by atoms with E-state index in [9.17, 15) is 4.79 Å². The van der Waals surface area contributed by atoms with Crippen LogP contribution < -0.4 is 5.32 Å². The Bertz CT molecular complexity index is 205. The van der Waals surface area contributed by atoms with Crippen LogP contribution in [0.5, 0.6) is 0 Å². The number of hydrogen-bond donors (Lipinski definition) is 1. The van der Waals surface area contributed by atoms with Gasteiger partial charge in [0.25, 0.3) is 0 Å². The molecule has 88 valence electrons. The second-order valence-corrected chi connectivity index (χ2v) is 3.98. The van der Waals surface area contributed by atoms with E-state index < -0.39 is 0 Å². The van der Waals surface area contributed by atoms with Crippen LogP contribution >= 0.6 is 0 Å². The molecule has 1 atom stereocenters. The van der Waals surface area contributed by atoms with Crippen LogP contribution in [0.2, 0.25) is 0 Å². The second-order valence-electron chi connectivity index (χ2n) is 3.98. The highest BCUT2D eigenvalue weighted by molar-refractivity contribution is 5.75. The Morgan fingerprint density at radius 2 is 2.20 bits per heavy atom. The summed E-state index contributed by atoms with van der Waals surface area (Å²) >= 11 is 0. The first-order valence-corrected chi connectivity index (χ1v) is 5.83. The first-order chi connectivity index (χ1) is 7.20. The van der Waals surface area contributed by atoms with E-state index in [4.69, 9.17) is 4.74 Å². The van der Waals surface area contributed by atoms with Gasteiger partial charge in [0, 0.05) is 19.1 Å². The fourth-order valence-electron chi connectivity index (χ4n) is 1.86. The minimum absolute atomic E-state index is 0.0992. The van der Waals surface area contributed by atoms with Crippen molar-refractivity contribution < 1.29 is 9.53 Å². The van der Waals surface area contributed by atoms with Gasteiger partial charge in [0.2, 0.25) is 0 Å². The summed E-state index contributed by atoms with van der Waals surface area (Å²) in [5.74, 6) is -0.0992. The molecule has 1 rings (SSSR count). The summed E-state index contributed by atoms with van der Waals surface area (Å²) in [6.07, 6.45) is 1.07. The van der Waals surface area contributed by atoms with Gasteiger partial charge < -0.3 is 10.1 Å². The maximum absolute atomic E-state index is 11.6. The number of hydrogen-bond acceptors (Lipinski definition) is 4. The molecule has 4 heteroatoms. The van der Waals surface area contributed by atoms with E-state index in [1.165, 1.54) is 0 Å². The van der Waals surface area contributed by atoms with Crippen molar-refractivity contribution in [3.05, 3.63) is 0 Å². The lowest BCUT2D eigenvalue weighted by Crippen LogP contribution is -2.61. The number of carbonyl (C=O) groups excluding carboxylic acids is 1. The number of nitrogens with zero attached hydrogens (tertiary/aromatic N) is 1. The Balaban J connectivity index is 2.49. The van der Waals surface area contributed by atoms with Gasteiger partial charge in [-0.15, -0.1) is 0 Å². The standard InChI is InChI=1S/C11H22N2O2/c1-4-6-13(10-7-12-8-10)9(3)11(14)15-5-2/h9-10,12H,4-8H2,1-3H3. The summed E-state index contributed by atoms with van der Waals surface area (Å²) < 4.78 is 5.05. The van der Waals surface area contributed by atoms with Gasteiger partial charge in [-0.3, -0.25) is 9.69 Å². The van der Waals surface area contributed by atoms with Crippen molar-refractivity contribution in [2.45, 2.75) is 39.3 Å². The molecule has 1 aliphatic heterocycles. The van der Waals surface area contributed by atoms with Crippen molar-refractivity contribution in [1.82, 2.24) is 10.2 Å². The van der Waals surface area contributed by atoms with E-state index in [-0.39, 0.29) is 12.0 Å². The Hall–Kier alpha value is -0.610. The van der Waals surface area contributed by atoms with Gasteiger partial charge >= 0.3 is 5.97 Å². The highest BCUT2D eigenvalue weighted by Crippen LogP contribution is 2.11. The molecule has 1 N–H and O–H groups in total. The van der Waals surface area contributed by atoms with Gasteiger partial charge in [-0.1, -0.05) is 6.92 Å². The molecule has 0 saturated carbocycles. The molecule has 0 bridgehead atoms. The van der Waals surface area contributed by atoms with Crippen LogP contribution in [0.3, 0.4) is 0 Å². The van der Waals surface area contributed by atoms with Gasteiger partial charge in [0.15, 0.2) is 0 Å². The number of rotatable bonds is 6. The van der Waals surface area contributed by atoms with Gasteiger partial charge in [0.1, 0.15) is 6.04 Å². The lowest BCUT2D eigenvalue weighted by Gasteiger charge is -2.40. The van der Waals surface area contributed by atoms with Crippen LogP contribution in [0.15, 0.2) is 0 Å². The molecule has 1 unspecified atom stereocenters.